The average molecular weight is 266 g/mol. The van der Waals surface area contributed by atoms with Gasteiger partial charge in [-0.2, -0.15) is 0 Å². The summed E-state index contributed by atoms with van der Waals surface area (Å²) in [6, 6.07) is -1.68. The molecule has 0 unspecified atom stereocenters. The van der Waals surface area contributed by atoms with Gasteiger partial charge < -0.3 is 15.7 Å². The molecule has 0 heterocycles. The maximum Gasteiger partial charge on any atom is 0.326 e. The Bertz CT molecular complexity index is 377. The van der Waals surface area contributed by atoms with Crippen molar-refractivity contribution in [2.24, 2.45) is 5.92 Å². The first-order valence-corrected chi connectivity index (χ1v) is 7.14. The molecule has 100 valence electrons. The molecule has 0 aromatic rings. The molecule has 0 bridgehead atoms. The van der Waals surface area contributed by atoms with Gasteiger partial charge in [0, 0.05) is 12.8 Å². The number of nitrogens with one attached hydrogen (secondary N) is 2. The minimum Gasteiger partial charge on any atom is -0.480 e. The molecule has 7 nitrogen and oxygen atoms in total. The van der Waals surface area contributed by atoms with Crippen molar-refractivity contribution < 1.29 is 23.1 Å². The third-order valence-electron chi connectivity index (χ3n) is 1.98. The monoisotopic (exact) mass is 266 g/mol. The molecule has 0 aliphatic carbocycles. The Morgan fingerprint density at radius 3 is 2.18 bits per heavy atom. The number of carboxylic acid groups (broad SMARTS) is 1. The molecular formula is C9H18N2O5S. The molecule has 0 aliphatic heterocycles. The summed E-state index contributed by atoms with van der Waals surface area (Å²) < 4.78 is 21.6. The van der Waals surface area contributed by atoms with Crippen molar-refractivity contribution >= 4 is 21.8 Å². The fourth-order valence-electron chi connectivity index (χ4n) is 1.06. The van der Waals surface area contributed by atoms with Crippen LogP contribution in [0.15, 0.2) is 0 Å². The molecule has 8 heteroatoms. The number of hydrogen-bond acceptors (Lipinski definition) is 4. The highest BCUT2D eigenvalue weighted by Gasteiger charge is 2.23. The minimum atomic E-state index is -3.14. The van der Waals surface area contributed by atoms with Crippen LogP contribution >= 0.6 is 0 Å². The zero-order chi connectivity index (χ0) is 13.6. The molecule has 0 fully saturated rings. The molecule has 0 spiro atoms. The van der Waals surface area contributed by atoms with Gasteiger partial charge in [-0.3, -0.25) is 0 Å². The summed E-state index contributed by atoms with van der Waals surface area (Å²) in [5.74, 6) is -1.56. The van der Waals surface area contributed by atoms with E-state index in [2.05, 4.69) is 10.6 Å². The number of carbonyl (C=O) groups is 2. The Morgan fingerprint density at radius 2 is 1.82 bits per heavy atom. The largest absolute Gasteiger partial charge is 0.480 e. The maximum atomic E-state index is 11.3. The number of aliphatic carboxylic acids is 1. The minimum absolute atomic E-state index is 0.0465. The number of rotatable bonds is 6. The molecule has 0 saturated heterocycles. The Kier molecular flexibility index (Phi) is 5.94. The van der Waals surface area contributed by atoms with Gasteiger partial charge in [0.2, 0.25) is 0 Å². The Hall–Kier alpha value is -1.31. The van der Waals surface area contributed by atoms with Crippen molar-refractivity contribution in [2.45, 2.75) is 19.9 Å². The van der Waals surface area contributed by atoms with Gasteiger partial charge >= 0.3 is 12.0 Å². The number of amides is 2. The van der Waals surface area contributed by atoms with Gasteiger partial charge in [-0.25, -0.2) is 18.0 Å². The highest BCUT2D eigenvalue weighted by molar-refractivity contribution is 7.90. The van der Waals surface area contributed by atoms with Gasteiger partial charge in [-0.1, -0.05) is 13.8 Å². The molecule has 0 saturated carbocycles. The number of hydrogen-bond donors (Lipinski definition) is 3. The maximum absolute atomic E-state index is 11.3. The smallest absolute Gasteiger partial charge is 0.326 e. The normalized spacial score (nSPS) is 13.2. The molecule has 0 rings (SSSR count). The van der Waals surface area contributed by atoms with E-state index in [0.717, 1.165) is 6.26 Å². The van der Waals surface area contributed by atoms with Gasteiger partial charge in [0.1, 0.15) is 15.9 Å². The van der Waals surface area contributed by atoms with Crippen LogP contribution < -0.4 is 10.6 Å². The number of sulfone groups is 1. The quantitative estimate of drug-likeness (QED) is 0.596. The molecular weight excluding hydrogens is 248 g/mol. The van der Waals surface area contributed by atoms with Crippen LogP contribution in [0.1, 0.15) is 13.8 Å². The molecule has 3 N–H and O–H groups in total. The molecule has 2 amide bonds. The fraction of sp³-hybridized carbons (Fsp3) is 0.778. The first-order valence-electron chi connectivity index (χ1n) is 5.08. The van der Waals surface area contributed by atoms with Crippen molar-refractivity contribution in [3.8, 4) is 0 Å². The predicted octanol–water partition coefficient (Wildman–Crippen LogP) is -0.561. The summed E-state index contributed by atoms with van der Waals surface area (Å²) in [6.07, 6.45) is 1.06. The predicted molar refractivity (Wildman–Crippen MR) is 62.5 cm³/mol. The lowest BCUT2D eigenvalue weighted by Crippen LogP contribution is -2.49. The van der Waals surface area contributed by atoms with Crippen LogP contribution in [0.4, 0.5) is 4.79 Å². The second kappa shape index (κ2) is 6.43. The van der Waals surface area contributed by atoms with Crippen LogP contribution in [0.5, 0.6) is 0 Å². The van der Waals surface area contributed by atoms with Crippen LogP contribution in [0.3, 0.4) is 0 Å². The average Bonchev–Trinajstić information content (AvgIpc) is 2.10. The lowest BCUT2D eigenvalue weighted by Gasteiger charge is -2.18. The van der Waals surface area contributed by atoms with Crippen LogP contribution in [0, 0.1) is 5.92 Å². The molecule has 1 atom stereocenters. The van der Waals surface area contributed by atoms with E-state index < -0.39 is 27.9 Å². The van der Waals surface area contributed by atoms with Crippen molar-refractivity contribution in [2.75, 3.05) is 18.6 Å². The fourth-order valence-corrected chi connectivity index (χ4v) is 1.53. The first-order chi connectivity index (χ1) is 7.63. The van der Waals surface area contributed by atoms with Crippen LogP contribution in [-0.2, 0) is 14.6 Å². The third kappa shape index (κ3) is 7.56. The van der Waals surface area contributed by atoms with E-state index in [0.29, 0.717) is 0 Å². The topological polar surface area (TPSA) is 113 Å². The number of urea groups is 1. The summed E-state index contributed by atoms with van der Waals surface area (Å²) in [4.78, 5) is 22.0. The summed E-state index contributed by atoms with van der Waals surface area (Å²) in [7, 11) is -3.14. The molecule has 17 heavy (non-hydrogen) atoms. The summed E-state index contributed by atoms with van der Waals surface area (Å²) in [5.41, 5.74) is 0. The third-order valence-corrected chi connectivity index (χ3v) is 2.92. The van der Waals surface area contributed by atoms with Crippen molar-refractivity contribution in [1.82, 2.24) is 10.6 Å². The molecule has 0 aromatic heterocycles. The molecule has 0 aliphatic rings. The molecule has 0 radical (unpaired) electrons. The molecule has 0 aromatic carbocycles. The summed E-state index contributed by atoms with van der Waals surface area (Å²) in [5, 5.41) is 13.4. The lowest BCUT2D eigenvalue weighted by molar-refractivity contribution is -0.140. The van der Waals surface area contributed by atoms with Crippen LogP contribution in [0.2, 0.25) is 0 Å². The van der Waals surface area contributed by atoms with Gasteiger partial charge in [-0.15, -0.1) is 0 Å². The van der Waals surface area contributed by atoms with Crippen molar-refractivity contribution in [3.63, 3.8) is 0 Å². The van der Waals surface area contributed by atoms with E-state index in [4.69, 9.17) is 5.11 Å². The highest BCUT2D eigenvalue weighted by Crippen LogP contribution is 2.00. The Morgan fingerprint density at radius 1 is 1.29 bits per heavy atom. The number of carboxylic acids is 1. The SMILES string of the molecule is CC(C)[C@@H](NC(=O)NCCS(C)(=O)=O)C(=O)O. The summed E-state index contributed by atoms with van der Waals surface area (Å²) in [6.45, 7) is 3.28. The zero-order valence-corrected chi connectivity index (χ0v) is 10.9. The van der Waals surface area contributed by atoms with Crippen molar-refractivity contribution in [1.29, 1.82) is 0 Å². The lowest BCUT2D eigenvalue weighted by atomic mass is 10.1. The van der Waals surface area contributed by atoms with E-state index in [1.54, 1.807) is 13.8 Å². The van der Waals surface area contributed by atoms with E-state index in [1.165, 1.54) is 0 Å². The summed E-state index contributed by atoms with van der Waals surface area (Å²) >= 11 is 0. The van der Waals surface area contributed by atoms with Gasteiger partial charge in [-0.05, 0) is 5.92 Å². The van der Waals surface area contributed by atoms with Crippen LogP contribution in [0.25, 0.3) is 0 Å². The van der Waals surface area contributed by atoms with E-state index in [9.17, 15) is 18.0 Å². The Balaban J connectivity index is 4.13. The van der Waals surface area contributed by atoms with E-state index in [1.807, 2.05) is 0 Å². The highest BCUT2D eigenvalue weighted by atomic mass is 32.2. The standard InChI is InChI=1S/C9H18N2O5S/c1-6(2)7(8(12)13)11-9(14)10-4-5-17(3,15)16/h6-7H,4-5H2,1-3H3,(H,12,13)(H2,10,11,14)/t7-/m1/s1. The first kappa shape index (κ1) is 15.7. The van der Waals surface area contributed by atoms with Gasteiger partial charge in [0.15, 0.2) is 0 Å². The van der Waals surface area contributed by atoms with E-state index >= 15 is 0 Å². The second-order valence-electron chi connectivity index (χ2n) is 4.09. The Labute approximate surface area is 101 Å². The van der Waals surface area contributed by atoms with Gasteiger partial charge in [0.05, 0.1) is 5.75 Å². The van der Waals surface area contributed by atoms with E-state index in [-0.39, 0.29) is 18.2 Å². The second-order valence-corrected chi connectivity index (χ2v) is 6.35. The zero-order valence-electron chi connectivity index (χ0n) is 10.1. The van der Waals surface area contributed by atoms with Crippen LogP contribution in [-0.4, -0.2) is 50.1 Å². The van der Waals surface area contributed by atoms with Crippen molar-refractivity contribution in [3.05, 3.63) is 0 Å². The van der Waals surface area contributed by atoms with Gasteiger partial charge in [0.25, 0.3) is 0 Å². The number of carbonyl (C=O) groups excluding carboxylic acids is 1.